The molecule has 1 heterocycles. The largest absolute Gasteiger partial charge is 0.396 e. The fourth-order valence-corrected chi connectivity index (χ4v) is 1.17. The average molecular weight is 184 g/mol. The fraction of sp³-hybridized carbons (Fsp3) is 0. The van der Waals surface area contributed by atoms with E-state index in [-0.39, 0.29) is 0 Å². The van der Waals surface area contributed by atoms with Gasteiger partial charge in [-0.1, -0.05) is 0 Å². The molecular weight excluding hydrogens is 176 g/mol. The molecule has 0 aliphatic rings. The Morgan fingerprint density at radius 1 is 1.29 bits per heavy atom. The van der Waals surface area contributed by atoms with E-state index >= 15 is 0 Å². The number of nitriles is 1. The summed E-state index contributed by atoms with van der Waals surface area (Å²) in [4.78, 5) is 0. The third-order valence-electron chi connectivity index (χ3n) is 1.86. The summed E-state index contributed by atoms with van der Waals surface area (Å²) in [6, 6.07) is 9.19. The monoisotopic (exact) mass is 184 g/mol. The van der Waals surface area contributed by atoms with Crippen molar-refractivity contribution in [1.29, 1.82) is 5.26 Å². The smallest absolute Gasteiger partial charge is 0.0991 e. The van der Waals surface area contributed by atoms with Crippen LogP contribution in [0.25, 0.3) is 5.69 Å². The molecule has 1 aromatic heterocycles. The highest BCUT2D eigenvalue weighted by atomic mass is 15.3. The maximum atomic E-state index is 8.61. The first-order chi connectivity index (χ1) is 6.79. The Labute approximate surface area is 81.2 Å². The van der Waals surface area contributed by atoms with Gasteiger partial charge in [-0.15, -0.1) is 0 Å². The van der Waals surface area contributed by atoms with Gasteiger partial charge in [0.05, 0.1) is 35.4 Å². The second-order valence-corrected chi connectivity index (χ2v) is 2.88. The molecule has 0 atom stereocenters. The van der Waals surface area contributed by atoms with E-state index in [1.165, 1.54) is 0 Å². The normalized spacial score (nSPS) is 9.64. The number of anilines is 1. The Hall–Kier alpha value is -2.28. The highest BCUT2D eigenvalue weighted by molar-refractivity contribution is 5.41. The third kappa shape index (κ3) is 1.43. The van der Waals surface area contributed by atoms with E-state index in [0.717, 1.165) is 5.69 Å². The number of hydrogen-bond acceptors (Lipinski definition) is 3. The number of nitrogens with zero attached hydrogens (tertiary/aromatic N) is 3. The maximum Gasteiger partial charge on any atom is 0.0991 e. The number of hydrogen-bond donors (Lipinski definition) is 1. The van der Waals surface area contributed by atoms with Gasteiger partial charge in [-0.2, -0.15) is 10.4 Å². The molecule has 4 nitrogen and oxygen atoms in total. The van der Waals surface area contributed by atoms with Crippen LogP contribution in [-0.4, -0.2) is 9.78 Å². The summed E-state index contributed by atoms with van der Waals surface area (Å²) in [6.45, 7) is 0. The van der Waals surface area contributed by atoms with Gasteiger partial charge in [0.2, 0.25) is 0 Å². The molecule has 0 fully saturated rings. The van der Waals surface area contributed by atoms with Gasteiger partial charge in [0, 0.05) is 0 Å². The molecule has 1 aromatic carbocycles. The van der Waals surface area contributed by atoms with Crippen LogP contribution in [0, 0.1) is 11.3 Å². The van der Waals surface area contributed by atoms with Crippen LogP contribution in [0.3, 0.4) is 0 Å². The molecule has 2 aromatic rings. The van der Waals surface area contributed by atoms with E-state index in [9.17, 15) is 0 Å². The van der Waals surface area contributed by atoms with Crippen molar-refractivity contribution in [2.24, 2.45) is 0 Å². The lowest BCUT2D eigenvalue weighted by molar-refractivity contribution is 0.880. The standard InChI is InChI=1S/C10H8N4/c11-5-8-1-3-10(4-2-8)14-7-9(12)6-13-14/h1-4,6-7H,12H2. The Kier molecular flexibility index (Phi) is 1.92. The van der Waals surface area contributed by atoms with Gasteiger partial charge in [-0.3, -0.25) is 0 Å². The summed E-state index contributed by atoms with van der Waals surface area (Å²) in [5.41, 5.74) is 7.68. The van der Waals surface area contributed by atoms with Crippen LogP contribution in [0.15, 0.2) is 36.7 Å². The number of rotatable bonds is 1. The lowest BCUT2D eigenvalue weighted by atomic mass is 10.2. The molecule has 0 aliphatic heterocycles. The summed E-state index contributed by atoms with van der Waals surface area (Å²) in [6.07, 6.45) is 3.31. The number of nitrogen functional groups attached to an aromatic ring is 1. The topological polar surface area (TPSA) is 67.6 Å². The molecule has 68 valence electrons. The lowest BCUT2D eigenvalue weighted by Gasteiger charge is -1.99. The second kappa shape index (κ2) is 3.23. The maximum absolute atomic E-state index is 8.61. The molecule has 0 amide bonds. The molecule has 2 rings (SSSR count). The van der Waals surface area contributed by atoms with Crippen LogP contribution in [0.5, 0.6) is 0 Å². The molecule has 0 bridgehead atoms. The minimum atomic E-state index is 0.620. The number of nitrogens with two attached hydrogens (primary N) is 1. The average Bonchev–Trinajstić information content (AvgIpc) is 2.65. The van der Waals surface area contributed by atoms with Crippen molar-refractivity contribution in [3.05, 3.63) is 42.2 Å². The first kappa shape index (κ1) is 8.32. The van der Waals surface area contributed by atoms with E-state index in [1.54, 1.807) is 29.2 Å². The predicted octanol–water partition coefficient (Wildman–Crippen LogP) is 1.33. The minimum Gasteiger partial charge on any atom is -0.396 e. The van der Waals surface area contributed by atoms with Crippen LogP contribution in [0.2, 0.25) is 0 Å². The fourth-order valence-electron chi connectivity index (χ4n) is 1.17. The molecule has 0 unspecified atom stereocenters. The van der Waals surface area contributed by atoms with Crippen LogP contribution >= 0.6 is 0 Å². The third-order valence-corrected chi connectivity index (χ3v) is 1.86. The van der Waals surface area contributed by atoms with Gasteiger partial charge in [0.25, 0.3) is 0 Å². The van der Waals surface area contributed by atoms with Crippen LogP contribution in [0.1, 0.15) is 5.56 Å². The number of aromatic nitrogens is 2. The van der Waals surface area contributed by atoms with Crippen molar-refractivity contribution in [3.63, 3.8) is 0 Å². The van der Waals surface area contributed by atoms with Gasteiger partial charge >= 0.3 is 0 Å². The van der Waals surface area contributed by atoms with Crippen molar-refractivity contribution in [2.45, 2.75) is 0 Å². The molecule has 0 radical (unpaired) electrons. The molecule has 4 heteroatoms. The molecule has 0 aliphatic carbocycles. The lowest BCUT2D eigenvalue weighted by Crippen LogP contribution is -1.93. The van der Waals surface area contributed by atoms with E-state index in [2.05, 4.69) is 11.2 Å². The van der Waals surface area contributed by atoms with Crippen molar-refractivity contribution in [3.8, 4) is 11.8 Å². The van der Waals surface area contributed by atoms with E-state index in [4.69, 9.17) is 11.0 Å². The molecule has 0 spiro atoms. The van der Waals surface area contributed by atoms with Crippen molar-refractivity contribution < 1.29 is 0 Å². The predicted molar refractivity (Wildman–Crippen MR) is 52.7 cm³/mol. The minimum absolute atomic E-state index is 0.620. The van der Waals surface area contributed by atoms with Crippen molar-refractivity contribution in [2.75, 3.05) is 5.73 Å². The van der Waals surface area contributed by atoms with Crippen LogP contribution in [-0.2, 0) is 0 Å². The first-order valence-electron chi connectivity index (χ1n) is 4.10. The number of benzene rings is 1. The Bertz CT molecular complexity index is 476. The van der Waals surface area contributed by atoms with Crippen molar-refractivity contribution >= 4 is 5.69 Å². The van der Waals surface area contributed by atoms with E-state index in [0.29, 0.717) is 11.3 Å². The summed E-state index contributed by atoms with van der Waals surface area (Å²) < 4.78 is 1.66. The van der Waals surface area contributed by atoms with Gasteiger partial charge in [0.15, 0.2) is 0 Å². The summed E-state index contributed by atoms with van der Waals surface area (Å²) in [5, 5.41) is 12.7. The molecule has 0 saturated carbocycles. The van der Waals surface area contributed by atoms with Gasteiger partial charge in [-0.05, 0) is 24.3 Å². The van der Waals surface area contributed by atoms with Gasteiger partial charge in [0.1, 0.15) is 0 Å². The zero-order chi connectivity index (χ0) is 9.97. The van der Waals surface area contributed by atoms with Crippen molar-refractivity contribution in [1.82, 2.24) is 9.78 Å². The van der Waals surface area contributed by atoms with Crippen LogP contribution < -0.4 is 5.73 Å². The zero-order valence-electron chi connectivity index (χ0n) is 7.38. The first-order valence-corrected chi connectivity index (χ1v) is 4.10. The van der Waals surface area contributed by atoms with E-state index in [1.807, 2.05) is 12.1 Å². The highest BCUT2D eigenvalue weighted by Gasteiger charge is 1.97. The van der Waals surface area contributed by atoms with Gasteiger partial charge < -0.3 is 5.73 Å². The summed E-state index contributed by atoms with van der Waals surface area (Å²) in [7, 11) is 0. The molecule has 2 N–H and O–H groups in total. The summed E-state index contributed by atoms with van der Waals surface area (Å²) in [5.74, 6) is 0. The Morgan fingerprint density at radius 3 is 2.50 bits per heavy atom. The summed E-state index contributed by atoms with van der Waals surface area (Å²) >= 11 is 0. The van der Waals surface area contributed by atoms with E-state index < -0.39 is 0 Å². The Morgan fingerprint density at radius 2 is 2.00 bits per heavy atom. The zero-order valence-corrected chi connectivity index (χ0v) is 7.38. The molecular formula is C10H8N4. The van der Waals surface area contributed by atoms with Gasteiger partial charge in [-0.25, -0.2) is 4.68 Å². The SMILES string of the molecule is N#Cc1ccc(-n2cc(N)cn2)cc1. The second-order valence-electron chi connectivity index (χ2n) is 2.88. The molecule has 0 saturated heterocycles. The quantitative estimate of drug-likeness (QED) is 0.726. The van der Waals surface area contributed by atoms with Crippen LogP contribution in [0.4, 0.5) is 5.69 Å². The highest BCUT2D eigenvalue weighted by Crippen LogP contribution is 2.10. The molecule has 14 heavy (non-hydrogen) atoms. The Balaban J connectivity index is 2.39.